The van der Waals surface area contributed by atoms with Gasteiger partial charge < -0.3 is 15.2 Å². The van der Waals surface area contributed by atoms with Crippen molar-refractivity contribution in [2.45, 2.75) is 94.0 Å². The van der Waals surface area contributed by atoms with Crippen molar-refractivity contribution >= 4 is 5.91 Å². The van der Waals surface area contributed by atoms with Gasteiger partial charge in [0.25, 0.3) is 0 Å². The monoisotopic (exact) mass is 541 g/mol. The second-order valence-corrected chi connectivity index (χ2v) is 13.9. The zero-order valence-electron chi connectivity index (χ0n) is 24.1. The van der Waals surface area contributed by atoms with E-state index in [1.807, 2.05) is 14.0 Å². The molecule has 2 unspecified atom stereocenters. The van der Waals surface area contributed by atoms with E-state index in [-0.39, 0.29) is 34.8 Å². The third kappa shape index (κ3) is 3.08. The van der Waals surface area contributed by atoms with Crippen LogP contribution in [0.25, 0.3) is 0 Å². The molecule has 40 heavy (non-hydrogen) atoms. The Morgan fingerprint density at radius 1 is 1.18 bits per heavy atom. The number of nitrogens with two attached hydrogens (primary N) is 1. The van der Waals surface area contributed by atoms with E-state index in [0.717, 1.165) is 43.9 Å². The Hall–Kier alpha value is -2.41. The Morgan fingerprint density at radius 2 is 1.98 bits per heavy atom. The second-order valence-electron chi connectivity index (χ2n) is 13.9. The number of methoxy groups -OCH3 is 1. The van der Waals surface area contributed by atoms with Crippen LogP contribution in [0.5, 0.6) is 5.75 Å². The molecule has 0 aromatic heterocycles. The molecule has 2 aliphatic heterocycles. The van der Waals surface area contributed by atoms with Gasteiger partial charge in [-0.3, -0.25) is 15.0 Å². The summed E-state index contributed by atoms with van der Waals surface area (Å²) < 4.78 is 14.1. The number of rotatable bonds is 8. The first-order valence-electron chi connectivity index (χ1n) is 15.5. The van der Waals surface area contributed by atoms with Crippen LogP contribution in [0.3, 0.4) is 0 Å². The zero-order valence-corrected chi connectivity index (χ0v) is 24.1. The minimum absolute atomic E-state index is 0.0199. The largest absolute Gasteiger partial charge is 0.486 e. The molecule has 2 heterocycles. The average Bonchev–Trinajstić information content (AvgIpc) is 3.71. The van der Waals surface area contributed by atoms with Crippen molar-refractivity contribution in [3.63, 3.8) is 0 Å². The number of aryl methyl sites for hydroxylation is 1. The number of fused-ring (bicyclic) bond motifs is 2. The van der Waals surface area contributed by atoms with Gasteiger partial charge in [-0.1, -0.05) is 42.5 Å². The summed E-state index contributed by atoms with van der Waals surface area (Å²) in [5, 5.41) is 3.71. The molecule has 2 spiro atoms. The van der Waals surface area contributed by atoms with E-state index < -0.39 is 11.6 Å². The maximum Gasteiger partial charge on any atom is 0.234 e. The molecule has 8 atom stereocenters. The van der Waals surface area contributed by atoms with Crippen LogP contribution in [0.15, 0.2) is 42.5 Å². The number of amides is 1. The van der Waals surface area contributed by atoms with E-state index >= 15 is 0 Å². The van der Waals surface area contributed by atoms with Crippen LogP contribution in [0, 0.1) is 24.2 Å². The summed E-state index contributed by atoms with van der Waals surface area (Å²) in [5.41, 5.74) is 10.9. The predicted molar refractivity (Wildman–Crippen MR) is 154 cm³/mol. The quantitative estimate of drug-likeness (QED) is 0.517. The summed E-state index contributed by atoms with van der Waals surface area (Å²) in [6, 6.07) is 15.3. The number of hydrogen-bond acceptors (Lipinski definition) is 5. The van der Waals surface area contributed by atoms with Gasteiger partial charge in [0.2, 0.25) is 5.91 Å². The van der Waals surface area contributed by atoms with Gasteiger partial charge in [0.05, 0.1) is 6.04 Å². The van der Waals surface area contributed by atoms with E-state index in [2.05, 4.69) is 59.6 Å². The van der Waals surface area contributed by atoms with Crippen molar-refractivity contribution < 1.29 is 14.3 Å². The lowest BCUT2D eigenvalue weighted by molar-refractivity contribution is -0.282. The Labute approximate surface area is 238 Å². The molecular formula is C34H43N3O3. The first kappa shape index (κ1) is 25.3. The van der Waals surface area contributed by atoms with E-state index in [4.69, 9.17) is 15.2 Å². The second kappa shape index (κ2) is 8.56. The van der Waals surface area contributed by atoms with Gasteiger partial charge in [0.1, 0.15) is 17.5 Å². The highest BCUT2D eigenvalue weighted by Gasteiger charge is 2.81. The molecule has 5 aliphatic carbocycles. The van der Waals surface area contributed by atoms with Gasteiger partial charge in [-0.05, 0) is 87.9 Å². The van der Waals surface area contributed by atoms with Gasteiger partial charge in [0.15, 0.2) is 0 Å². The molecule has 212 valence electrons. The van der Waals surface area contributed by atoms with Gasteiger partial charge in [-0.15, -0.1) is 0 Å². The van der Waals surface area contributed by atoms with Crippen LogP contribution in [0.2, 0.25) is 0 Å². The Bertz CT molecular complexity index is 1360. The number of nitrogens with one attached hydrogen (secondary N) is 1. The normalized spacial score (nSPS) is 38.4. The number of ether oxygens (including phenoxy) is 2. The zero-order chi connectivity index (χ0) is 27.4. The van der Waals surface area contributed by atoms with Crippen molar-refractivity contribution in [3.8, 4) is 5.75 Å². The highest BCUT2D eigenvalue weighted by atomic mass is 16.6. The van der Waals surface area contributed by atoms with Crippen LogP contribution in [-0.2, 0) is 21.4 Å². The number of carbonyl (C=O) groups excluding carboxylic acids is 1. The SMILES string of the molecule is CO[C@]12CC[C@@]3(C[C@@H]1C(NC(C)C(N)=O)c1ccccc1)[C@H]1Cc4ccc(C)c5c4[C@@]3(CCN1CC1CC1)[C@H]2O5. The molecule has 4 bridgehead atoms. The van der Waals surface area contributed by atoms with Crippen molar-refractivity contribution in [3.05, 3.63) is 64.7 Å². The van der Waals surface area contributed by atoms with Crippen molar-refractivity contribution in [2.24, 2.45) is 23.0 Å². The predicted octanol–water partition coefficient (Wildman–Crippen LogP) is 4.42. The van der Waals surface area contributed by atoms with Crippen LogP contribution in [0.4, 0.5) is 0 Å². The maximum atomic E-state index is 12.4. The molecule has 0 radical (unpaired) electrons. The molecule has 2 aromatic carbocycles. The van der Waals surface area contributed by atoms with Crippen molar-refractivity contribution in [1.82, 2.24) is 10.2 Å². The number of hydrogen-bond donors (Lipinski definition) is 2. The van der Waals surface area contributed by atoms with E-state index in [0.29, 0.717) is 6.04 Å². The standard InChI is InChI=1S/C34H43N3O3/c1-20-9-12-24-17-26-32-13-14-34(39-3,25(18-32)28(36-21(2)30(35)38)23-7-5-4-6-8-23)31-33(32,27(24)29(20)40-31)15-16-37(26)19-22-10-11-22/h4-9,12,21-22,25-26,28,31,36H,10-11,13-19H2,1-3H3,(H2,35,38)/t21?,25-,26-,28?,31-,32-,33+,34-/m1/s1. The summed E-state index contributed by atoms with van der Waals surface area (Å²) in [5.74, 6) is 1.83. The summed E-state index contributed by atoms with van der Waals surface area (Å²) in [7, 11) is 1.91. The molecule has 3 N–H and O–H groups in total. The molecule has 5 fully saturated rings. The van der Waals surface area contributed by atoms with Gasteiger partial charge in [0, 0.05) is 48.0 Å². The molecule has 1 saturated heterocycles. The van der Waals surface area contributed by atoms with E-state index in [1.54, 1.807) is 0 Å². The lowest BCUT2D eigenvalue weighted by Gasteiger charge is -2.74. The number of carbonyl (C=O) groups is 1. The number of piperidine rings is 1. The summed E-state index contributed by atoms with van der Waals surface area (Å²) in [6.45, 7) is 6.50. The average molecular weight is 542 g/mol. The van der Waals surface area contributed by atoms with Crippen LogP contribution in [-0.4, -0.2) is 54.8 Å². The molecule has 1 amide bonds. The molecule has 9 rings (SSSR count). The number of likely N-dealkylation sites (tertiary alicyclic amines) is 1. The molecule has 6 heteroatoms. The highest BCUT2D eigenvalue weighted by Crippen LogP contribution is 2.77. The first-order chi connectivity index (χ1) is 19.3. The Morgan fingerprint density at radius 3 is 2.70 bits per heavy atom. The fourth-order valence-electron chi connectivity index (χ4n) is 10.4. The third-order valence-electron chi connectivity index (χ3n) is 12.3. The smallest absolute Gasteiger partial charge is 0.234 e. The molecular weight excluding hydrogens is 498 g/mol. The maximum absolute atomic E-state index is 12.4. The lowest BCUT2D eigenvalue weighted by Crippen LogP contribution is -2.81. The minimum atomic E-state index is -0.462. The summed E-state index contributed by atoms with van der Waals surface area (Å²) >= 11 is 0. The van der Waals surface area contributed by atoms with Crippen LogP contribution < -0.4 is 15.8 Å². The van der Waals surface area contributed by atoms with Gasteiger partial charge in [-0.25, -0.2) is 0 Å². The molecule has 7 aliphatic rings. The lowest BCUT2D eigenvalue weighted by atomic mass is 9.34. The number of primary amides is 1. The summed E-state index contributed by atoms with van der Waals surface area (Å²) in [6.07, 6.45) is 8.20. The van der Waals surface area contributed by atoms with Crippen LogP contribution in [0.1, 0.15) is 73.7 Å². The fourth-order valence-corrected chi connectivity index (χ4v) is 10.4. The third-order valence-corrected chi connectivity index (χ3v) is 12.3. The van der Waals surface area contributed by atoms with Crippen LogP contribution >= 0.6 is 0 Å². The highest BCUT2D eigenvalue weighted by molar-refractivity contribution is 5.79. The summed E-state index contributed by atoms with van der Waals surface area (Å²) in [4.78, 5) is 15.2. The molecule has 2 aromatic rings. The topological polar surface area (TPSA) is 76.8 Å². The fraction of sp³-hybridized carbons (Fsp3) is 0.618. The van der Waals surface area contributed by atoms with Crippen molar-refractivity contribution in [2.75, 3.05) is 20.2 Å². The van der Waals surface area contributed by atoms with E-state index in [1.165, 1.54) is 48.1 Å². The first-order valence-corrected chi connectivity index (χ1v) is 15.5. The van der Waals surface area contributed by atoms with Gasteiger partial charge in [-0.2, -0.15) is 0 Å². The Kier molecular flexibility index (Phi) is 5.42. The minimum Gasteiger partial charge on any atom is -0.486 e. The number of benzene rings is 2. The number of nitrogens with zero attached hydrogens (tertiary/aromatic N) is 1. The van der Waals surface area contributed by atoms with Crippen molar-refractivity contribution in [1.29, 1.82) is 0 Å². The van der Waals surface area contributed by atoms with Gasteiger partial charge >= 0.3 is 0 Å². The Balaban J connectivity index is 1.32. The molecule has 4 saturated carbocycles. The molecule has 6 nitrogen and oxygen atoms in total. The van der Waals surface area contributed by atoms with E-state index in [9.17, 15) is 4.79 Å².